The number of alkyl halides is 1. The van der Waals surface area contributed by atoms with Crippen LogP contribution in [-0.2, 0) is 23.0 Å². The fourth-order valence-electron chi connectivity index (χ4n) is 3.63. The molecule has 0 aliphatic rings. The molecule has 0 amide bonds. The van der Waals surface area contributed by atoms with Crippen LogP contribution in [0.25, 0.3) is 0 Å². The fraction of sp³-hybridized carbons (Fsp3) is 0.409. The van der Waals surface area contributed by atoms with E-state index in [1.807, 2.05) is 36.4 Å². The van der Waals surface area contributed by atoms with Gasteiger partial charge in [0.1, 0.15) is 6.10 Å². The molecule has 0 heterocycles. The van der Waals surface area contributed by atoms with Gasteiger partial charge in [-0.1, -0.05) is 93.0 Å². The molecule has 0 aromatic heterocycles. The van der Waals surface area contributed by atoms with Crippen LogP contribution in [0, 0.1) is 0 Å². The first-order valence-corrected chi connectivity index (χ1v) is 13.5. The highest BCUT2D eigenvalue weighted by Gasteiger charge is 2.52. The molecule has 0 saturated heterocycles. The third kappa shape index (κ3) is 5.99. The Kier molecular flexibility index (Phi) is 9.20. The van der Waals surface area contributed by atoms with Gasteiger partial charge in [0, 0.05) is 0 Å². The van der Waals surface area contributed by atoms with Gasteiger partial charge in [0.05, 0.1) is 13.5 Å². The number of hydrogen-bond acceptors (Lipinski definition) is 5. The van der Waals surface area contributed by atoms with Crippen molar-refractivity contribution in [1.82, 2.24) is 0 Å². The highest BCUT2D eigenvalue weighted by Crippen LogP contribution is 2.39. The van der Waals surface area contributed by atoms with E-state index in [9.17, 15) is 9.36 Å². The quantitative estimate of drug-likeness (QED) is 0.223. The Morgan fingerprint density at radius 2 is 1.53 bits per heavy atom. The van der Waals surface area contributed by atoms with E-state index < -0.39 is 28.4 Å². The van der Waals surface area contributed by atoms with Crippen molar-refractivity contribution in [3.8, 4) is 0 Å². The van der Waals surface area contributed by atoms with E-state index in [1.165, 1.54) is 7.11 Å². The number of rotatable bonds is 10. The van der Waals surface area contributed by atoms with Gasteiger partial charge in [-0.25, -0.2) is 0 Å². The number of carbonyl (C=O) groups excluding carboxylic acids is 1. The molecule has 1 unspecified atom stereocenters. The van der Waals surface area contributed by atoms with Gasteiger partial charge in [-0.05, 0) is 20.0 Å². The molecule has 0 saturated carbocycles. The number of methoxy groups -OCH3 is 1. The van der Waals surface area contributed by atoms with Crippen molar-refractivity contribution >= 4 is 44.3 Å². The van der Waals surface area contributed by atoms with E-state index in [0.29, 0.717) is 0 Å². The average Bonchev–Trinajstić information content (AvgIpc) is 2.72. The Morgan fingerprint density at radius 1 is 1.03 bits per heavy atom. The Bertz CT molecular complexity index is 787. The van der Waals surface area contributed by atoms with Crippen molar-refractivity contribution in [2.45, 2.75) is 38.3 Å². The molecular formula is C22H29ClO5PSi+. The Balaban J connectivity index is 2.61. The lowest BCUT2D eigenvalue weighted by atomic mass is 10.2. The lowest BCUT2D eigenvalue weighted by Crippen LogP contribution is -2.68. The topological polar surface area (TPSA) is 61.8 Å². The molecule has 0 radical (unpaired) electrons. The summed E-state index contributed by atoms with van der Waals surface area (Å²) in [6.07, 6.45) is -0.606. The first-order valence-electron chi connectivity index (χ1n) is 9.74. The van der Waals surface area contributed by atoms with Gasteiger partial charge < -0.3 is 9.16 Å². The second kappa shape index (κ2) is 11.2. The van der Waals surface area contributed by atoms with Gasteiger partial charge in [0.25, 0.3) is 8.32 Å². The van der Waals surface area contributed by atoms with Crippen molar-refractivity contribution < 1.29 is 23.0 Å². The summed E-state index contributed by atoms with van der Waals surface area (Å²) in [6.45, 7) is 6.43. The molecule has 0 bridgehead atoms. The third-order valence-electron chi connectivity index (χ3n) is 4.93. The SMILES string of the molecule is COC(=O)C[C@@H](C[P+](=O)OCCl)O[Si](c1ccccc1)(c1ccccc1)C(C)(C)C. The zero-order chi connectivity index (χ0) is 22.2. The van der Waals surface area contributed by atoms with Crippen LogP contribution in [0.2, 0.25) is 5.04 Å². The highest BCUT2D eigenvalue weighted by molar-refractivity contribution is 7.39. The summed E-state index contributed by atoms with van der Waals surface area (Å²) in [5.41, 5.74) is 0. The van der Waals surface area contributed by atoms with E-state index in [-0.39, 0.29) is 23.7 Å². The minimum Gasteiger partial charge on any atom is -0.469 e. The van der Waals surface area contributed by atoms with Gasteiger partial charge in [-0.15, -0.1) is 4.52 Å². The van der Waals surface area contributed by atoms with Crippen LogP contribution >= 0.6 is 19.6 Å². The van der Waals surface area contributed by atoms with E-state index in [4.69, 9.17) is 25.3 Å². The first kappa shape index (κ1) is 24.7. The van der Waals surface area contributed by atoms with Crippen LogP contribution in [-0.4, -0.2) is 39.7 Å². The summed E-state index contributed by atoms with van der Waals surface area (Å²) in [5.74, 6) is -0.424. The molecule has 0 spiro atoms. The van der Waals surface area contributed by atoms with Gasteiger partial charge in [-0.2, -0.15) is 0 Å². The van der Waals surface area contributed by atoms with Crippen LogP contribution in [0.3, 0.4) is 0 Å². The van der Waals surface area contributed by atoms with Gasteiger partial charge in [-0.3, -0.25) is 4.79 Å². The third-order valence-corrected chi connectivity index (χ3v) is 11.4. The molecule has 30 heavy (non-hydrogen) atoms. The molecule has 0 fully saturated rings. The molecule has 2 rings (SSSR count). The van der Waals surface area contributed by atoms with Gasteiger partial charge >= 0.3 is 14.0 Å². The average molecular weight is 468 g/mol. The fourth-order valence-corrected chi connectivity index (χ4v) is 9.53. The second-order valence-corrected chi connectivity index (χ2v) is 13.7. The van der Waals surface area contributed by atoms with Crippen molar-refractivity contribution in [1.29, 1.82) is 0 Å². The molecule has 2 atom stereocenters. The molecule has 0 aliphatic heterocycles. The number of hydrogen-bond donors (Lipinski definition) is 0. The minimum atomic E-state index is -2.91. The van der Waals surface area contributed by atoms with Crippen molar-refractivity contribution in [2.75, 3.05) is 19.3 Å². The number of halogens is 1. The largest absolute Gasteiger partial charge is 0.512 e. The van der Waals surface area contributed by atoms with Crippen LogP contribution < -0.4 is 10.4 Å². The first-order chi connectivity index (χ1) is 14.2. The maximum absolute atomic E-state index is 12.4. The van der Waals surface area contributed by atoms with E-state index in [0.717, 1.165) is 10.4 Å². The smallest absolute Gasteiger partial charge is 0.469 e. The maximum atomic E-state index is 12.4. The monoisotopic (exact) mass is 467 g/mol. The van der Waals surface area contributed by atoms with Crippen molar-refractivity contribution in [3.63, 3.8) is 0 Å². The zero-order valence-corrected chi connectivity index (χ0v) is 20.5. The molecule has 5 nitrogen and oxygen atoms in total. The summed E-state index contributed by atoms with van der Waals surface area (Å²) in [6, 6.07) is 20.0. The van der Waals surface area contributed by atoms with E-state index >= 15 is 0 Å². The van der Waals surface area contributed by atoms with E-state index in [2.05, 4.69) is 45.0 Å². The van der Waals surface area contributed by atoms with Crippen molar-refractivity contribution in [3.05, 3.63) is 60.7 Å². The number of carbonyl (C=O) groups is 1. The zero-order valence-electron chi connectivity index (χ0n) is 17.8. The predicted molar refractivity (Wildman–Crippen MR) is 123 cm³/mol. The second-order valence-electron chi connectivity index (χ2n) is 7.94. The maximum Gasteiger partial charge on any atom is 0.512 e. The number of ether oxygens (including phenoxy) is 1. The molecule has 0 aliphatic carbocycles. The molecule has 2 aromatic rings. The Labute approximate surface area is 185 Å². The Hall–Kier alpha value is -1.56. The normalized spacial score (nSPS) is 13.6. The summed E-state index contributed by atoms with van der Waals surface area (Å²) in [4.78, 5) is 12.1. The van der Waals surface area contributed by atoms with Crippen LogP contribution in [0.1, 0.15) is 27.2 Å². The molecule has 162 valence electrons. The standard InChI is InChI=1S/C22H29ClO5PSi/c1-22(2,3)30(19-11-7-5-8-12-19,20-13-9-6-10-14-20)28-18(15-21(24)26-4)16-29(25)27-17-23/h5-14,18H,15-17H2,1-4H3/q+1/t18-/m0/s1. The number of benzene rings is 2. The number of esters is 1. The van der Waals surface area contributed by atoms with Crippen LogP contribution in [0.15, 0.2) is 60.7 Å². The Morgan fingerprint density at radius 3 is 1.93 bits per heavy atom. The van der Waals surface area contributed by atoms with Crippen LogP contribution in [0.5, 0.6) is 0 Å². The van der Waals surface area contributed by atoms with Gasteiger partial charge in [0.15, 0.2) is 6.07 Å². The lowest BCUT2D eigenvalue weighted by molar-refractivity contribution is -0.142. The molecule has 8 heteroatoms. The van der Waals surface area contributed by atoms with Crippen molar-refractivity contribution in [2.24, 2.45) is 0 Å². The highest BCUT2D eigenvalue weighted by atomic mass is 35.5. The molecular weight excluding hydrogens is 439 g/mol. The summed E-state index contributed by atoms with van der Waals surface area (Å²) >= 11 is 5.58. The summed E-state index contributed by atoms with van der Waals surface area (Å²) < 4.78 is 29.2. The minimum absolute atomic E-state index is 0.0201. The van der Waals surface area contributed by atoms with Crippen LogP contribution in [0.4, 0.5) is 0 Å². The predicted octanol–water partition coefficient (Wildman–Crippen LogP) is 4.45. The molecule has 0 N–H and O–H groups in total. The summed E-state index contributed by atoms with van der Waals surface area (Å²) in [5, 5.41) is 1.88. The lowest BCUT2D eigenvalue weighted by Gasteiger charge is -2.44. The van der Waals surface area contributed by atoms with Gasteiger partial charge in [0.2, 0.25) is 6.16 Å². The summed E-state index contributed by atoms with van der Waals surface area (Å²) in [7, 11) is -3.65. The van der Waals surface area contributed by atoms with E-state index in [1.54, 1.807) is 0 Å². The molecule has 2 aromatic carbocycles.